The van der Waals surface area contributed by atoms with Crippen LogP contribution in [0.25, 0.3) is 10.8 Å². The molecular weight excluding hydrogens is 1540 g/mol. The maximum atomic E-state index is 15.8. The zero-order chi connectivity index (χ0) is 85.9. The van der Waals surface area contributed by atoms with Gasteiger partial charge in [0, 0.05) is 87.5 Å². The number of rotatable bonds is 41. The number of unbranched alkanes of at least 4 members (excludes halogenated alkanes) is 1. The van der Waals surface area contributed by atoms with Crippen LogP contribution in [0.4, 0.5) is 21.0 Å². The van der Waals surface area contributed by atoms with Gasteiger partial charge < -0.3 is 90.2 Å². The van der Waals surface area contributed by atoms with Crippen LogP contribution in [0.3, 0.4) is 0 Å². The number of likely N-dealkylation sites (tertiary alicyclic amines) is 1. The third kappa shape index (κ3) is 27.9. The van der Waals surface area contributed by atoms with E-state index in [1.807, 2.05) is 56.3 Å². The summed E-state index contributed by atoms with van der Waals surface area (Å²) in [5.74, 6) is -10.8. The Morgan fingerprint density at radius 3 is 1.69 bits per heavy atom. The first-order valence-corrected chi connectivity index (χ1v) is 39.5. The molecule has 0 radical (unpaired) electrons. The van der Waals surface area contributed by atoms with E-state index >= 15 is 28.8 Å². The monoisotopic (exact) mass is 1640 g/mol. The minimum Gasteiger partial charge on any atom is -0.394 e. The molecule has 35 heteroatoms. The standard InChI is InChI=1S/C83H105ClN18O16/c1-46(2)36-61(73(108)93-60(17-10-11-34-88-47(3)4)81(116)102-35-13-18-68(102)78(113)89-48(5)71(85)106)96-79(114)69(42-52-24-31-59(32-25-52)92-82(86)117)101(7)80(115)66(39-51-22-29-58(30-23-51)91-72(107)65-43-70(105)100-83(118)99-65)97-77(112)67(45-103)98-76(111)64(41-54-14-12-33-87-44-54)95-75(110)63(38-50-20-27-57(84)28-21-50)94-74(109)62(90-49(6)104)40-53-19-26-55-15-8-9-16-56(55)37-53/h8-9,12,14-16,19-33,37,44,46-48,60-69,88,103H,10-11,13,17-18,34-36,38-43,45H2,1-7H3,(H2,85,106)(H,89,113)(H,90,104)(H,91,107)(H,93,108)(H,94,109)(H,95,110)(H,96,114)(H,97,112)(H,98,111)(H3,86,92,117)(H2,99,100,105,118)/t48-,60+,61+,62-,63-,64-,65+,66+,67+,68+,69-/m1/s1. The molecule has 2 aliphatic rings. The fraction of sp³-hybridized carbons (Fsp3) is 0.422. The predicted molar refractivity (Wildman–Crippen MR) is 439 cm³/mol. The lowest BCUT2D eigenvalue weighted by Gasteiger charge is -2.33. The molecule has 17 amide bonds. The van der Waals surface area contributed by atoms with Crippen LogP contribution < -0.4 is 80.6 Å². The van der Waals surface area contributed by atoms with E-state index in [-0.39, 0.29) is 81.2 Å². The molecule has 0 unspecified atom stereocenters. The number of aromatic nitrogens is 1. The maximum absolute atomic E-state index is 15.8. The fourth-order valence-corrected chi connectivity index (χ4v) is 13.8. The Morgan fingerprint density at radius 1 is 0.576 bits per heavy atom. The number of benzene rings is 5. The van der Waals surface area contributed by atoms with Gasteiger partial charge in [0.05, 0.1) is 13.0 Å². The average Bonchev–Trinajstić information content (AvgIpc) is 1.44. The molecule has 2 saturated heterocycles. The summed E-state index contributed by atoms with van der Waals surface area (Å²) in [6.07, 6.45) is 3.09. The number of nitrogens with two attached hydrogens (primary N) is 2. The highest BCUT2D eigenvalue weighted by Gasteiger charge is 2.42. The summed E-state index contributed by atoms with van der Waals surface area (Å²) in [7, 11) is 1.26. The first-order valence-electron chi connectivity index (χ1n) is 39.1. The van der Waals surface area contributed by atoms with Gasteiger partial charge in [0.2, 0.25) is 76.8 Å². The van der Waals surface area contributed by atoms with Crippen molar-refractivity contribution in [3.8, 4) is 0 Å². The Balaban J connectivity index is 1.11. The number of likely N-dealkylation sites (N-methyl/N-ethyl adjacent to an activating group) is 1. The Morgan fingerprint density at radius 2 is 1.11 bits per heavy atom. The molecule has 0 saturated carbocycles. The van der Waals surface area contributed by atoms with Crippen molar-refractivity contribution in [3.05, 3.63) is 173 Å². The number of carbonyl (C=O) groups is 15. The fourth-order valence-electron chi connectivity index (χ4n) is 13.7. The molecule has 630 valence electrons. The molecule has 8 rings (SSSR count). The molecule has 11 atom stereocenters. The summed E-state index contributed by atoms with van der Waals surface area (Å²) in [5.41, 5.74) is 13.6. The number of halogens is 1. The van der Waals surface area contributed by atoms with Crippen LogP contribution >= 0.6 is 11.6 Å². The Hall–Kier alpha value is -12.4. The number of urea groups is 2. The van der Waals surface area contributed by atoms with Crippen LogP contribution in [0.2, 0.25) is 5.02 Å². The van der Waals surface area contributed by atoms with Crippen LogP contribution in [-0.2, 0) is 94.4 Å². The number of hydrogen-bond donors (Lipinski definition) is 16. The molecule has 5 aromatic carbocycles. The number of nitrogens with one attached hydrogen (secondary N) is 13. The maximum Gasteiger partial charge on any atom is 0.322 e. The third-order valence-electron chi connectivity index (χ3n) is 19.9. The summed E-state index contributed by atoms with van der Waals surface area (Å²) < 4.78 is 0. The molecule has 0 spiro atoms. The highest BCUT2D eigenvalue weighted by molar-refractivity contribution is 6.30. The van der Waals surface area contributed by atoms with Crippen molar-refractivity contribution >= 4 is 123 Å². The van der Waals surface area contributed by atoms with Crippen LogP contribution in [0, 0.1) is 5.92 Å². The second-order valence-corrected chi connectivity index (χ2v) is 30.6. The number of aliphatic hydroxyl groups excluding tert-OH is 1. The molecule has 6 aromatic rings. The average molecular weight is 1650 g/mol. The lowest BCUT2D eigenvalue weighted by Crippen LogP contribution is -2.62. The van der Waals surface area contributed by atoms with Crippen molar-refractivity contribution in [1.29, 1.82) is 0 Å². The van der Waals surface area contributed by atoms with Gasteiger partial charge in [-0.15, -0.1) is 0 Å². The number of aliphatic hydroxyl groups is 1. The first-order chi connectivity index (χ1) is 56.2. The van der Waals surface area contributed by atoms with Crippen molar-refractivity contribution in [2.75, 3.05) is 37.4 Å². The number of amides is 17. The second-order valence-electron chi connectivity index (χ2n) is 30.2. The summed E-state index contributed by atoms with van der Waals surface area (Å²) in [6.45, 7) is 9.77. The van der Waals surface area contributed by atoms with E-state index in [9.17, 15) is 48.3 Å². The molecule has 0 bridgehead atoms. The van der Waals surface area contributed by atoms with Crippen molar-refractivity contribution < 1.29 is 77.0 Å². The summed E-state index contributed by atoms with van der Waals surface area (Å²) in [5, 5.41) is 47.9. The Labute approximate surface area is 688 Å². The summed E-state index contributed by atoms with van der Waals surface area (Å²) in [4.78, 5) is 215. The smallest absolute Gasteiger partial charge is 0.322 e. The second kappa shape index (κ2) is 44.1. The minimum atomic E-state index is -1.92. The number of pyridine rings is 1. The largest absolute Gasteiger partial charge is 0.394 e. The van der Waals surface area contributed by atoms with E-state index in [0.29, 0.717) is 58.6 Å². The molecule has 2 aliphatic heterocycles. The van der Waals surface area contributed by atoms with E-state index in [1.165, 1.54) is 74.6 Å². The highest BCUT2D eigenvalue weighted by Crippen LogP contribution is 2.24. The quantitative estimate of drug-likeness (QED) is 0.0244. The zero-order valence-electron chi connectivity index (χ0n) is 66.8. The van der Waals surface area contributed by atoms with E-state index in [2.05, 4.69) is 74.1 Å². The molecule has 0 aliphatic carbocycles. The summed E-state index contributed by atoms with van der Waals surface area (Å²) >= 11 is 6.28. The van der Waals surface area contributed by atoms with Crippen molar-refractivity contribution in [1.82, 2.24) is 73.3 Å². The number of primary amides is 2. The number of nitrogens with zero attached hydrogens (tertiary/aromatic N) is 3. The van der Waals surface area contributed by atoms with Crippen LogP contribution in [0.1, 0.15) is 114 Å². The molecular formula is C83H105ClN18O16. The SMILES string of the molecule is CC(=O)N[C@H](Cc1ccc2ccccc2c1)C(=O)N[C@H](Cc1ccc(Cl)cc1)C(=O)N[C@H](Cc1cccnc1)C(=O)N[C@@H](CO)C(=O)N[C@@H](Cc1ccc(NC(=O)[C@@H]2CC(=O)NC(=O)N2)cc1)C(=O)N(C)[C@H](Cc1ccc(NC(N)=O)cc1)C(=O)N[C@@H](CC(C)C)C(=O)N[C@@H](CCCCNC(C)C)C(=O)N1CCC[C@H]1C(=O)N[C@H](C)C(N)=O. The van der Waals surface area contributed by atoms with Crippen molar-refractivity contribution in [2.45, 2.75) is 191 Å². The topological polar surface area (TPSA) is 504 Å². The minimum absolute atomic E-state index is 0.00432. The summed E-state index contributed by atoms with van der Waals surface area (Å²) in [6, 6.07) is 17.5. The van der Waals surface area contributed by atoms with E-state index in [0.717, 1.165) is 15.7 Å². The Kier molecular flexibility index (Phi) is 34.0. The lowest BCUT2D eigenvalue weighted by molar-refractivity contribution is -0.144. The van der Waals surface area contributed by atoms with Gasteiger partial charge in [0.25, 0.3) is 0 Å². The van der Waals surface area contributed by atoms with Crippen LogP contribution in [-0.4, -0.2) is 208 Å². The van der Waals surface area contributed by atoms with Crippen LogP contribution in [0.15, 0.2) is 140 Å². The van der Waals surface area contributed by atoms with E-state index in [4.69, 9.17) is 23.1 Å². The molecule has 34 nitrogen and oxygen atoms in total. The molecule has 1 aromatic heterocycles. The van der Waals surface area contributed by atoms with E-state index < -0.39 is 168 Å². The molecule has 3 heterocycles. The normalized spacial score (nSPS) is 16.1. The number of anilines is 2. The number of imide groups is 1. The molecule has 118 heavy (non-hydrogen) atoms. The number of carbonyl (C=O) groups excluding carboxylic acids is 15. The highest BCUT2D eigenvalue weighted by atomic mass is 35.5. The van der Waals surface area contributed by atoms with Crippen molar-refractivity contribution in [3.63, 3.8) is 0 Å². The number of hydrogen-bond acceptors (Lipinski definition) is 18. The first kappa shape index (κ1) is 91.1. The predicted octanol–water partition coefficient (Wildman–Crippen LogP) is 1.86. The Bertz CT molecular complexity index is 4560. The van der Waals surface area contributed by atoms with Gasteiger partial charge in [0.1, 0.15) is 66.5 Å². The van der Waals surface area contributed by atoms with Gasteiger partial charge >= 0.3 is 12.1 Å². The van der Waals surface area contributed by atoms with Gasteiger partial charge in [-0.2, -0.15) is 0 Å². The van der Waals surface area contributed by atoms with Crippen LogP contribution in [0.5, 0.6) is 0 Å². The van der Waals surface area contributed by atoms with Gasteiger partial charge in [-0.1, -0.05) is 124 Å². The van der Waals surface area contributed by atoms with Crippen molar-refractivity contribution in [2.24, 2.45) is 17.4 Å². The number of fused-ring (bicyclic) bond motifs is 1. The molecule has 18 N–H and O–H groups in total. The van der Waals surface area contributed by atoms with Gasteiger partial charge in [-0.25, -0.2) is 9.59 Å². The van der Waals surface area contributed by atoms with Gasteiger partial charge in [0.15, 0.2) is 0 Å². The van der Waals surface area contributed by atoms with E-state index in [1.54, 1.807) is 62.4 Å². The van der Waals surface area contributed by atoms with Gasteiger partial charge in [-0.3, -0.25) is 72.6 Å². The van der Waals surface area contributed by atoms with Gasteiger partial charge in [-0.05, 0) is 139 Å². The third-order valence-corrected chi connectivity index (χ3v) is 20.2. The lowest BCUT2D eigenvalue weighted by atomic mass is 9.98. The zero-order valence-corrected chi connectivity index (χ0v) is 67.6. The molecule has 2 fully saturated rings.